The topological polar surface area (TPSA) is 0 Å². The highest BCUT2D eigenvalue weighted by Crippen LogP contribution is 2.53. The number of rotatable bonds is 2. The molecule has 0 aromatic heterocycles. The second kappa shape index (κ2) is 4.06. The zero-order valence-electron chi connectivity index (χ0n) is 9.64. The van der Waals surface area contributed by atoms with Gasteiger partial charge < -0.3 is 0 Å². The molecule has 1 aliphatic rings. The standard InChI is InChI=1S/C12H23B/c1-9(2)11-7-5-6-8-12(11,13)10(3)4/h9-11H,5-8H2,1-4H3. The molecule has 1 rings (SSSR count). The zero-order valence-corrected chi connectivity index (χ0v) is 9.64. The first-order valence-electron chi connectivity index (χ1n) is 5.77. The predicted molar refractivity (Wildman–Crippen MR) is 60.1 cm³/mol. The molecule has 13 heavy (non-hydrogen) atoms. The molecule has 1 heteroatoms. The molecular weight excluding hydrogens is 155 g/mol. The monoisotopic (exact) mass is 178 g/mol. The minimum Gasteiger partial charge on any atom is -0.0629 e. The van der Waals surface area contributed by atoms with Crippen molar-refractivity contribution in [3.63, 3.8) is 0 Å². The summed E-state index contributed by atoms with van der Waals surface area (Å²) in [4.78, 5) is 0. The molecular formula is C12H23B. The third-order valence-electron chi connectivity index (χ3n) is 3.94. The van der Waals surface area contributed by atoms with Crippen LogP contribution in [0.4, 0.5) is 0 Å². The Hall–Kier alpha value is 0.0649. The first-order chi connectivity index (χ1) is 5.98. The van der Waals surface area contributed by atoms with Gasteiger partial charge in [-0.1, -0.05) is 58.7 Å². The van der Waals surface area contributed by atoms with E-state index in [1.165, 1.54) is 25.7 Å². The van der Waals surface area contributed by atoms with Gasteiger partial charge in [0.05, 0.1) is 7.85 Å². The van der Waals surface area contributed by atoms with Gasteiger partial charge >= 0.3 is 0 Å². The van der Waals surface area contributed by atoms with E-state index < -0.39 is 0 Å². The fourth-order valence-electron chi connectivity index (χ4n) is 2.92. The molecule has 0 aliphatic heterocycles. The van der Waals surface area contributed by atoms with Crippen molar-refractivity contribution in [1.29, 1.82) is 0 Å². The summed E-state index contributed by atoms with van der Waals surface area (Å²) in [6.45, 7) is 9.20. The molecule has 0 aromatic rings. The largest absolute Gasteiger partial charge is 0.0753 e. The van der Waals surface area contributed by atoms with Crippen molar-refractivity contribution in [2.45, 2.75) is 58.7 Å². The average molecular weight is 178 g/mol. The molecule has 1 saturated carbocycles. The first kappa shape index (κ1) is 11.1. The van der Waals surface area contributed by atoms with Crippen LogP contribution in [0.2, 0.25) is 5.31 Å². The Morgan fingerprint density at radius 2 is 1.77 bits per heavy atom. The quantitative estimate of drug-likeness (QED) is 0.564. The third kappa shape index (κ3) is 2.11. The Balaban J connectivity index is 2.77. The number of hydrogen-bond donors (Lipinski definition) is 0. The molecule has 0 amide bonds. The maximum absolute atomic E-state index is 6.55. The molecule has 1 fully saturated rings. The summed E-state index contributed by atoms with van der Waals surface area (Å²) in [6.07, 6.45) is 5.28. The van der Waals surface area contributed by atoms with E-state index in [0.717, 1.165) is 11.8 Å². The van der Waals surface area contributed by atoms with E-state index in [0.29, 0.717) is 5.92 Å². The van der Waals surface area contributed by atoms with Crippen molar-refractivity contribution in [2.24, 2.45) is 17.8 Å². The van der Waals surface area contributed by atoms with Gasteiger partial charge in [0.15, 0.2) is 0 Å². The Morgan fingerprint density at radius 3 is 2.15 bits per heavy atom. The van der Waals surface area contributed by atoms with Crippen molar-refractivity contribution in [3.8, 4) is 0 Å². The van der Waals surface area contributed by atoms with Crippen LogP contribution in [0.3, 0.4) is 0 Å². The van der Waals surface area contributed by atoms with Gasteiger partial charge in [0.2, 0.25) is 0 Å². The van der Waals surface area contributed by atoms with E-state index in [9.17, 15) is 0 Å². The minimum atomic E-state index is 0.117. The fourth-order valence-corrected chi connectivity index (χ4v) is 2.92. The van der Waals surface area contributed by atoms with Gasteiger partial charge in [0, 0.05) is 0 Å². The van der Waals surface area contributed by atoms with E-state index >= 15 is 0 Å². The predicted octanol–water partition coefficient (Wildman–Crippen LogP) is 3.82. The summed E-state index contributed by atoms with van der Waals surface area (Å²) >= 11 is 0. The smallest absolute Gasteiger partial charge is 0.0629 e. The molecule has 2 unspecified atom stereocenters. The minimum absolute atomic E-state index is 0.117. The summed E-state index contributed by atoms with van der Waals surface area (Å²) in [5.41, 5.74) is 0. The van der Waals surface area contributed by atoms with Crippen LogP contribution in [0.15, 0.2) is 0 Å². The summed E-state index contributed by atoms with van der Waals surface area (Å²) in [7, 11) is 6.55. The van der Waals surface area contributed by atoms with Crippen molar-refractivity contribution < 1.29 is 0 Å². The maximum Gasteiger partial charge on any atom is 0.0753 e. The fraction of sp³-hybridized carbons (Fsp3) is 1.00. The van der Waals surface area contributed by atoms with Gasteiger partial charge in [0.25, 0.3) is 0 Å². The van der Waals surface area contributed by atoms with E-state index in [4.69, 9.17) is 7.85 Å². The molecule has 2 atom stereocenters. The van der Waals surface area contributed by atoms with Crippen molar-refractivity contribution in [2.75, 3.05) is 0 Å². The SMILES string of the molecule is [B]C1(C(C)C)CCCCC1C(C)C. The molecule has 0 spiro atoms. The molecule has 0 aromatic carbocycles. The van der Waals surface area contributed by atoms with E-state index in [2.05, 4.69) is 27.7 Å². The van der Waals surface area contributed by atoms with Gasteiger partial charge in [-0.05, 0) is 17.8 Å². The van der Waals surface area contributed by atoms with Crippen molar-refractivity contribution in [3.05, 3.63) is 0 Å². The zero-order chi connectivity index (χ0) is 10.1. The normalized spacial score (nSPS) is 35.7. The van der Waals surface area contributed by atoms with Crippen LogP contribution in [0.25, 0.3) is 0 Å². The highest BCUT2D eigenvalue weighted by molar-refractivity contribution is 6.15. The van der Waals surface area contributed by atoms with Gasteiger partial charge in [0.1, 0.15) is 0 Å². The highest BCUT2D eigenvalue weighted by Gasteiger charge is 2.39. The Labute approximate surface area is 84.9 Å². The van der Waals surface area contributed by atoms with Crippen molar-refractivity contribution in [1.82, 2.24) is 0 Å². The van der Waals surface area contributed by atoms with Gasteiger partial charge in [-0.2, -0.15) is 0 Å². The van der Waals surface area contributed by atoms with Gasteiger partial charge in [-0.15, -0.1) is 0 Å². The molecule has 0 bridgehead atoms. The van der Waals surface area contributed by atoms with Crippen LogP contribution in [0, 0.1) is 17.8 Å². The first-order valence-corrected chi connectivity index (χ1v) is 5.77. The lowest BCUT2D eigenvalue weighted by molar-refractivity contribution is 0.154. The lowest BCUT2D eigenvalue weighted by atomic mass is 9.47. The summed E-state index contributed by atoms with van der Waals surface area (Å²) in [5, 5.41) is 0.117. The lowest BCUT2D eigenvalue weighted by Gasteiger charge is -2.47. The second-order valence-corrected chi connectivity index (χ2v) is 5.36. The molecule has 0 saturated heterocycles. The van der Waals surface area contributed by atoms with Crippen LogP contribution < -0.4 is 0 Å². The van der Waals surface area contributed by atoms with Crippen LogP contribution >= 0.6 is 0 Å². The molecule has 1 aliphatic carbocycles. The number of hydrogen-bond acceptors (Lipinski definition) is 0. The molecule has 2 radical (unpaired) electrons. The third-order valence-corrected chi connectivity index (χ3v) is 3.94. The van der Waals surface area contributed by atoms with Gasteiger partial charge in [-0.3, -0.25) is 0 Å². The lowest BCUT2D eigenvalue weighted by Crippen LogP contribution is -2.35. The molecule has 0 N–H and O–H groups in total. The second-order valence-electron chi connectivity index (χ2n) is 5.36. The molecule has 0 heterocycles. The average Bonchev–Trinajstić information content (AvgIpc) is 2.04. The Bertz CT molecular complexity index is 163. The molecule has 0 nitrogen and oxygen atoms in total. The van der Waals surface area contributed by atoms with Crippen LogP contribution in [0.5, 0.6) is 0 Å². The van der Waals surface area contributed by atoms with Crippen LogP contribution in [-0.4, -0.2) is 7.85 Å². The Kier molecular flexibility index (Phi) is 3.48. The Morgan fingerprint density at radius 1 is 1.15 bits per heavy atom. The summed E-state index contributed by atoms with van der Waals surface area (Å²) < 4.78 is 0. The molecule has 74 valence electrons. The van der Waals surface area contributed by atoms with E-state index in [-0.39, 0.29) is 5.31 Å². The summed E-state index contributed by atoms with van der Waals surface area (Å²) in [6, 6.07) is 0. The maximum atomic E-state index is 6.55. The van der Waals surface area contributed by atoms with Crippen LogP contribution in [-0.2, 0) is 0 Å². The van der Waals surface area contributed by atoms with Crippen molar-refractivity contribution >= 4 is 7.85 Å². The van der Waals surface area contributed by atoms with E-state index in [1.807, 2.05) is 0 Å². The highest BCUT2D eigenvalue weighted by atomic mass is 14.4. The van der Waals surface area contributed by atoms with Gasteiger partial charge in [-0.25, -0.2) is 0 Å². The van der Waals surface area contributed by atoms with E-state index in [1.54, 1.807) is 0 Å². The summed E-state index contributed by atoms with van der Waals surface area (Å²) in [5.74, 6) is 2.11. The van der Waals surface area contributed by atoms with Crippen LogP contribution in [0.1, 0.15) is 53.4 Å².